The smallest absolute Gasteiger partial charge is 0.290 e. The Morgan fingerprint density at radius 1 is 1.11 bits per heavy atom. The van der Waals surface area contributed by atoms with Crippen molar-refractivity contribution >= 4 is 28.5 Å². The zero-order valence-electron chi connectivity index (χ0n) is 15.8. The second-order valence-corrected chi connectivity index (χ2v) is 7.72. The molecule has 0 saturated heterocycles. The van der Waals surface area contributed by atoms with Crippen LogP contribution in [0.5, 0.6) is 0 Å². The molecule has 0 spiro atoms. The summed E-state index contributed by atoms with van der Waals surface area (Å²) in [5, 5.41) is 0.860. The Kier molecular flexibility index (Phi) is 4.96. The van der Waals surface area contributed by atoms with Crippen molar-refractivity contribution in [3.8, 4) is 0 Å². The van der Waals surface area contributed by atoms with E-state index in [1.807, 2.05) is 44.4 Å². The van der Waals surface area contributed by atoms with Crippen molar-refractivity contribution < 1.29 is 9.21 Å². The lowest BCUT2D eigenvalue weighted by atomic mass is 9.98. The summed E-state index contributed by atoms with van der Waals surface area (Å²) in [6.07, 6.45) is 0.801. The van der Waals surface area contributed by atoms with E-state index in [1.165, 1.54) is 0 Å². The van der Waals surface area contributed by atoms with Crippen LogP contribution in [-0.4, -0.2) is 42.9 Å². The molecule has 0 fully saturated rings. The van der Waals surface area contributed by atoms with Gasteiger partial charge < -0.3 is 14.2 Å². The van der Waals surface area contributed by atoms with Crippen molar-refractivity contribution in [2.24, 2.45) is 0 Å². The van der Waals surface area contributed by atoms with Crippen molar-refractivity contribution in [1.29, 1.82) is 0 Å². The number of carbonyl (C=O) groups excluding carboxylic acids is 1. The van der Waals surface area contributed by atoms with Crippen LogP contribution in [0.3, 0.4) is 0 Å². The molecule has 3 aromatic rings. The topological polar surface area (TPSA) is 53.8 Å². The summed E-state index contributed by atoms with van der Waals surface area (Å²) in [5.74, 6) is -0.102. The molecule has 0 bridgehead atoms. The Morgan fingerprint density at radius 2 is 1.86 bits per heavy atom. The van der Waals surface area contributed by atoms with Crippen molar-refractivity contribution in [2.75, 3.05) is 27.2 Å². The monoisotopic (exact) mass is 396 g/mol. The van der Waals surface area contributed by atoms with Gasteiger partial charge in [0.2, 0.25) is 5.76 Å². The summed E-state index contributed by atoms with van der Waals surface area (Å²) in [4.78, 5) is 30.3. The summed E-state index contributed by atoms with van der Waals surface area (Å²) in [5.41, 5.74) is 1.48. The third-order valence-electron chi connectivity index (χ3n) is 5.05. The van der Waals surface area contributed by atoms with Gasteiger partial charge in [-0.3, -0.25) is 9.59 Å². The largest absolute Gasteiger partial charge is 0.450 e. The molecule has 2 aromatic carbocycles. The van der Waals surface area contributed by atoms with Gasteiger partial charge in [-0.1, -0.05) is 41.9 Å². The van der Waals surface area contributed by atoms with E-state index < -0.39 is 6.04 Å². The standard InChI is InChI=1S/C22H21ClN2O3/c1-24(2)11-6-12-25-19(14-7-4-3-5-8-14)18-20(26)16-13-15(23)9-10-17(16)28-21(18)22(25)27/h3-5,7-10,13,19H,6,11-12H2,1-2H3/t19-/m1/s1. The molecule has 1 aromatic heterocycles. The van der Waals surface area contributed by atoms with Gasteiger partial charge in [0.05, 0.1) is 17.0 Å². The van der Waals surface area contributed by atoms with E-state index in [4.69, 9.17) is 16.0 Å². The zero-order chi connectivity index (χ0) is 19.8. The number of halogens is 1. The van der Waals surface area contributed by atoms with Crippen LogP contribution in [0.2, 0.25) is 5.02 Å². The third kappa shape index (κ3) is 3.21. The lowest BCUT2D eigenvalue weighted by Crippen LogP contribution is -2.32. The van der Waals surface area contributed by atoms with E-state index in [1.54, 1.807) is 23.1 Å². The number of hydrogen-bond donors (Lipinski definition) is 0. The van der Waals surface area contributed by atoms with Crippen molar-refractivity contribution in [2.45, 2.75) is 12.5 Å². The molecule has 6 heteroatoms. The quantitative estimate of drug-likeness (QED) is 0.655. The normalized spacial score (nSPS) is 16.2. The van der Waals surface area contributed by atoms with Crippen LogP contribution in [0.1, 0.15) is 34.1 Å². The van der Waals surface area contributed by atoms with Gasteiger partial charge in [-0.25, -0.2) is 0 Å². The van der Waals surface area contributed by atoms with E-state index in [-0.39, 0.29) is 17.1 Å². The molecular weight excluding hydrogens is 376 g/mol. The van der Waals surface area contributed by atoms with Gasteiger partial charge in [0, 0.05) is 11.6 Å². The lowest BCUT2D eigenvalue weighted by molar-refractivity contribution is 0.0722. The summed E-state index contributed by atoms with van der Waals surface area (Å²) in [6, 6.07) is 14.1. The number of nitrogens with zero attached hydrogens (tertiary/aromatic N) is 2. The number of rotatable bonds is 5. The number of carbonyl (C=O) groups is 1. The molecular formula is C22H21ClN2O3. The Morgan fingerprint density at radius 3 is 2.57 bits per heavy atom. The number of benzene rings is 2. The van der Waals surface area contributed by atoms with Gasteiger partial charge in [0.25, 0.3) is 5.91 Å². The Labute approximate surface area is 168 Å². The van der Waals surface area contributed by atoms with E-state index in [0.717, 1.165) is 18.5 Å². The second kappa shape index (κ2) is 7.41. The molecule has 144 valence electrons. The van der Waals surface area contributed by atoms with E-state index in [9.17, 15) is 9.59 Å². The van der Waals surface area contributed by atoms with Crippen molar-refractivity contribution in [1.82, 2.24) is 9.80 Å². The Hall–Kier alpha value is -2.63. The predicted octanol–water partition coefficient (Wildman–Crippen LogP) is 3.94. The number of amides is 1. The molecule has 28 heavy (non-hydrogen) atoms. The highest BCUT2D eigenvalue weighted by Gasteiger charge is 2.42. The third-order valence-corrected chi connectivity index (χ3v) is 5.28. The Bertz CT molecular complexity index is 1090. The minimum atomic E-state index is -0.453. The maximum absolute atomic E-state index is 13.3. The molecule has 0 radical (unpaired) electrons. The fourth-order valence-corrected chi connectivity index (χ4v) is 3.93. The van der Waals surface area contributed by atoms with Crippen LogP contribution >= 0.6 is 11.6 Å². The fourth-order valence-electron chi connectivity index (χ4n) is 3.76. The zero-order valence-corrected chi connectivity index (χ0v) is 16.6. The second-order valence-electron chi connectivity index (χ2n) is 7.28. The average Bonchev–Trinajstić information content (AvgIpc) is 2.95. The molecule has 0 unspecified atom stereocenters. The highest BCUT2D eigenvalue weighted by atomic mass is 35.5. The average molecular weight is 397 g/mol. The van der Waals surface area contributed by atoms with Crippen LogP contribution in [0.25, 0.3) is 11.0 Å². The highest BCUT2D eigenvalue weighted by Crippen LogP contribution is 2.38. The van der Waals surface area contributed by atoms with Crippen molar-refractivity contribution in [3.05, 3.63) is 80.7 Å². The molecule has 1 atom stereocenters. The minimum absolute atomic E-state index is 0.138. The summed E-state index contributed by atoms with van der Waals surface area (Å²) < 4.78 is 5.90. The summed E-state index contributed by atoms with van der Waals surface area (Å²) >= 11 is 6.09. The lowest BCUT2D eigenvalue weighted by Gasteiger charge is -2.25. The first-order chi connectivity index (χ1) is 13.5. The molecule has 0 aliphatic carbocycles. The van der Waals surface area contributed by atoms with Gasteiger partial charge in [-0.15, -0.1) is 0 Å². The van der Waals surface area contributed by atoms with Crippen molar-refractivity contribution in [3.63, 3.8) is 0 Å². The van der Waals surface area contributed by atoms with E-state index in [0.29, 0.717) is 28.1 Å². The van der Waals surface area contributed by atoms with Gasteiger partial charge in [0.1, 0.15) is 5.58 Å². The maximum Gasteiger partial charge on any atom is 0.290 e. The highest BCUT2D eigenvalue weighted by molar-refractivity contribution is 6.31. The number of hydrogen-bond acceptors (Lipinski definition) is 4. The van der Waals surface area contributed by atoms with Gasteiger partial charge in [-0.05, 0) is 50.8 Å². The van der Waals surface area contributed by atoms with Crippen LogP contribution in [0.4, 0.5) is 0 Å². The summed E-state index contributed by atoms with van der Waals surface area (Å²) in [6.45, 7) is 1.39. The van der Waals surface area contributed by atoms with Crippen LogP contribution < -0.4 is 5.43 Å². The molecule has 0 N–H and O–H groups in total. The van der Waals surface area contributed by atoms with Gasteiger partial charge in [0.15, 0.2) is 5.43 Å². The van der Waals surface area contributed by atoms with Gasteiger partial charge in [-0.2, -0.15) is 0 Å². The Balaban J connectivity index is 1.88. The molecule has 4 rings (SSSR count). The molecule has 0 saturated carbocycles. The molecule has 1 aliphatic rings. The van der Waals surface area contributed by atoms with E-state index >= 15 is 0 Å². The maximum atomic E-state index is 13.3. The SMILES string of the molecule is CN(C)CCCN1C(=O)c2oc3ccc(Cl)cc3c(=O)c2[C@H]1c1ccccc1. The minimum Gasteiger partial charge on any atom is -0.450 e. The molecule has 1 aliphatic heterocycles. The fraction of sp³-hybridized carbons (Fsp3) is 0.273. The molecule has 5 nitrogen and oxygen atoms in total. The van der Waals surface area contributed by atoms with Crippen LogP contribution in [0, 0.1) is 0 Å². The molecule has 1 amide bonds. The first-order valence-electron chi connectivity index (χ1n) is 9.24. The molecule has 2 heterocycles. The van der Waals surface area contributed by atoms with Crippen LogP contribution in [-0.2, 0) is 0 Å². The van der Waals surface area contributed by atoms with Gasteiger partial charge >= 0.3 is 0 Å². The summed E-state index contributed by atoms with van der Waals surface area (Å²) in [7, 11) is 3.99. The predicted molar refractivity (Wildman–Crippen MR) is 110 cm³/mol. The first kappa shape index (κ1) is 18.7. The number of fused-ring (bicyclic) bond motifs is 2. The van der Waals surface area contributed by atoms with Crippen LogP contribution in [0.15, 0.2) is 57.7 Å². The first-order valence-corrected chi connectivity index (χ1v) is 9.62. The van der Waals surface area contributed by atoms with E-state index in [2.05, 4.69) is 4.90 Å².